The SMILES string of the molecule is CC(C)CC(CN)(CC(C)C)NCc1ccccc1. The second-order valence-corrected chi connectivity index (χ2v) is 6.52. The Balaban J connectivity index is 2.72. The molecular formula is C17H30N2. The van der Waals surface area contributed by atoms with Gasteiger partial charge in [-0.1, -0.05) is 58.0 Å². The van der Waals surface area contributed by atoms with Gasteiger partial charge in [0.2, 0.25) is 0 Å². The first-order valence-electron chi connectivity index (χ1n) is 7.46. The Hall–Kier alpha value is -0.860. The molecule has 0 fully saturated rings. The molecule has 0 unspecified atom stereocenters. The summed E-state index contributed by atoms with van der Waals surface area (Å²) in [6.07, 6.45) is 2.27. The zero-order valence-electron chi connectivity index (χ0n) is 12.9. The van der Waals surface area contributed by atoms with Crippen molar-refractivity contribution in [3.8, 4) is 0 Å². The van der Waals surface area contributed by atoms with Gasteiger partial charge in [0.05, 0.1) is 0 Å². The van der Waals surface area contributed by atoms with Gasteiger partial charge in [0, 0.05) is 18.6 Å². The highest BCUT2D eigenvalue weighted by atomic mass is 15.0. The zero-order chi connectivity index (χ0) is 14.3. The van der Waals surface area contributed by atoms with E-state index < -0.39 is 0 Å². The maximum atomic E-state index is 6.11. The van der Waals surface area contributed by atoms with E-state index in [9.17, 15) is 0 Å². The summed E-state index contributed by atoms with van der Waals surface area (Å²) < 4.78 is 0. The van der Waals surface area contributed by atoms with Crippen LogP contribution in [0.25, 0.3) is 0 Å². The molecule has 2 heteroatoms. The Morgan fingerprint density at radius 3 is 1.95 bits per heavy atom. The molecule has 0 aliphatic rings. The molecule has 1 rings (SSSR count). The number of nitrogens with one attached hydrogen (secondary N) is 1. The quantitative estimate of drug-likeness (QED) is 0.751. The van der Waals surface area contributed by atoms with Gasteiger partial charge in [0.25, 0.3) is 0 Å². The second kappa shape index (κ2) is 7.66. The van der Waals surface area contributed by atoms with Gasteiger partial charge in [-0.3, -0.25) is 0 Å². The van der Waals surface area contributed by atoms with Crippen LogP contribution in [0.2, 0.25) is 0 Å². The highest BCUT2D eigenvalue weighted by Crippen LogP contribution is 2.24. The first-order chi connectivity index (χ1) is 8.97. The normalized spacial score (nSPS) is 12.4. The van der Waals surface area contributed by atoms with Gasteiger partial charge < -0.3 is 11.1 Å². The van der Waals surface area contributed by atoms with Crippen LogP contribution in [0, 0.1) is 11.8 Å². The predicted octanol–water partition coefficient (Wildman–Crippen LogP) is 3.57. The van der Waals surface area contributed by atoms with Crippen LogP contribution in [-0.4, -0.2) is 12.1 Å². The van der Waals surface area contributed by atoms with E-state index in [-0.39, 0.29) is 5.54 Å². The van der Waals surface area contributed by atoms with Crippen molar-refractivity contribution >= 4 is 0 Å². The Labute approximate surface area is 118 Å². The average molecular weight is 262 g/mol. The zero-order valence-corrected chi connectivity index (χ0v) is 12.9. The number of hydrogen-bond acceptors (Lipinski definition) is 2. The lowest BCUT2D eigenvalue weighted by Gasteiger charge is -2.37. The van der Waals surface area contributed by atoms with Crippen molar-refractivity contribution in [3.63, 3.8) is 0 Å². The van der Waals surface area contributed by atoms with Crippen LogP contribution in [0.3, 0.4) is 0 Å². The molecule has 0 aliphatic carbocycles. The van der Waals surface area contributed by atoms with E-state index in [1.807, 2.05) is 0 Å². The molecule has 0 atom stereocenters. The van der Waals surface area contributed by atoms with Crippen molar-refractivity contribution < 1.29 is 0 Å². The van der Waals surface area contributed by atoms with E-state index in [1.165, 1.54) is 5.56 Å². The van der Waals surface area contributed by atoms with Crippen LogP contribution in [0.5, 0.6) is 0 Å². The minimum absolute atomic E-state index is 0.0676. The first kappa shape index (κ1) is 16.2. The highest BCUT2D eigenvalue weighted by molar-refractivity contribution is 5.14. The number of rotatable bonds is 8. The van der Waals surface area contributed by atoms with Crippen molar-refractivity contribution in [2.75, 3.05) is 6.54 Å². The van der Waals surface area contributed by atoms with Gasteiger partial charge in [0.15, 0.2) is 0 Å². The van der Waals surface area contributed by atoms with E-state index in [2.05, 4.69) is 63.3 Å². The minimum Gasteiger partial charge on any atom is -0.329 e. The van der Waals surface area contributed by atoms with Gasteiger partial charge >= 0.3 is 0 Å². The molecule has 1 aromatic carbocycles. The average Bonchev–Trinajstić information content (AvgIpc) is 2.36. The third kappa shape index (κ3) is 5.75. The molecule has 19 heavy (non-hydrogen) atoms. The van der Waals surface area contributed by atoms with Gasteiger partial charge in [-0.2, -0.15) is 0 Å². The van der Waals surface area contributed by atoms with Crippen molar-refractivity contribution in [1.82, 2.24) is 5.32 Å². The molecule has 0 saturated carbocycles. The van der Waals surface area contributed by atoms with E-state index >= 15 is 0 Å². The summed E-state index contributed by atoms with van der Waals surface area (Å²) in [7, 11) is 0. The molecule has 0 heterocycles. The van der Waals surface area contributed by atoms with E-state index in [4.69, 9.17) is 5.73 Å². The lowest BCUT2D eigenvalue weighted by Crippen LogP contribution is -2.52. The standard InChI is InChI=1S/C17H30N2/c1-14(2)10-17(13-18,11-15(3)4)19-12-16-8-6-5-7-9-16/h5-9,14-15,19H,10-13,18H2,1-4H3. The summed E-state index contributed by atoms with van der Waals surface area (Å²) in [5.74, 6) is 1.32. The number of nitrogens with two attached hydrogens (primary N) is 1. The van der Waals surface area contributed by atoms with Crippen molar-refractivity contribution in [2.24, 2.45) is 17.6 Å². The summed E-state index contributed by atoms with van der Waals surface area (Å²) in [5, 5.41) is 3.74. The number of hydrogen-bond donors (Lipinski definition) is 2. The third-order valence-electron chi connectivity index (χ3n) is 3.50. The molecule has 0 amide bonds. The lowest BCUT2D eigenvalue weighted by molar-refractivity contribution is 0.227. The highest BCUT2D eigenvalue weighted by Gasteiger charge is 2.29. The smallest absolute Gasteiger partial charge is 0.0311 e. The Bertz CT molecular complexity index is 334. The summed E-state index contributed by atoms with van der Waals surface area (Å²) >= 11 is 0. The minimum atomic E-state index is 0.0676. The van der Waals surface area contributed by atoms with E-state index in [0.29, 0.717) is 18.4 Å². The molecule has 2 nitrogen and oxygen atoms in total. The molecule has 0 bridgehead atoms. The Morgan fingerprint density at radius 1 is 1.00 bits per heavy atom. The predicted molar refractivity (Wildman–Crippen MR) is 84.0 cm³/mol. The maximum absolute atomic E-state index is 6.11. The molecule has 0 aliphatic heterocycles. The largest absolute Gasteiger partial charge is 0.329 e. The molecule has 1 aromatic rings. The molecule has 108 valence electrons. The molecule has 0 saturated heterocycles. The fraction of sp³-hybridized carbons (Fsp3) is 0.647. The van der Waals surface area contributed by atoms with Crippen LogP contribution in [0.15, 0.2) is 30.3 Å². The summed E-state index contributed by atoms with van der Waals surface area (Å²) in [6, 6.07) is 10.6. The van der Waals surface area contributed by atoms with Crippen LogP contribution >= 0.6 is 0 Å². The van der Waals surface area contributed by atoms with Crippen LogP contribution < -0.4 is 11.1 Å². The Kier molecular flexibility index (Phi) is 6.53. The van der Waals surface area contributed by atoms with E-state index in [0.717, 1.165) is 19.4 Å². The molecule has 3 N–H and O–H groups in total. The van der Waals surface area contributed by atoms with E-state index in [1.54, 1.807) is 0 Å². The van der Waals surface area contributed by atoms with Crippen LogP contribution in [-0.2, 0) is 6.54 Å². The fourth-order valence-corrected chi connectivity index (χ4v) is 2.91. The van der Waals surface area contributed by atoms with Crippen molar-refractivity contribution in [2.45, 2.75) is 52.6 Å². The van der Waals surface area contributed by atoms with Gasteiger partial charge in [-0.15, -0.1) is 0 Å². The topological polar surface area (TPSA) is 38.0 Å². The summed E-state index contributed by atoms with van der Waals surface area (Å²) in [4.78, 5) is 0. The third-order valence-corrected chi connectivity index (χ3v) is 3.50. The molecule has 0 spiro atoms. The first-order valence-corrected chi connectivity index (χ1v) is 7.46. The molecule has 0 aromatic heterocycles. The van der Waals surface area contributed by atoms with Crippen molar-refractivity contribution in [1.29, 1.82) is 0 Å². The van der Waals surface area contributed by atoms with Crippen molar-refractivity contribution in [3.05, 3.63) is 35.9 Å². The summed E-state index contributed by atoms with van der Waals surface area (Å²) in [5.41, 5.74) is 7.50. The molecular weight excluding hydrogens is 232 g/mol. The molecule has 0 radical (unpaired) electrons. The van der Waals surface area contributed by atoms with Gasteiger partial charge in [0.1, 0.15) is 0 Å². The summed E-state index contributed by atoms with van der Waals surface area (Å²) in [6.45, 7) is 10.7. The fourth-order valence-electron chi connectivity index (χ4n) is 2.91. The van der Waals surface area contributed by atoms with Crippen LogP contribution in [0.1, 0.15) is 46.1 Å². The monoisotopic (exact) mass is 262 g/mol. The van der Waals surface area contributed by atoms with Crippen LogP contribution in [0.4, 0.5) is 0 Å². The second-order valence-electron chi connectivity index (χ2n) is 6.52. The van der Waals surface area contributed by atoms with Gasteiger partial charge in [-0.05, 0) is 30.2 Å². The Morgan fingerprint density at radius 2 is 1.53 bits per heavy atom. The number of benzene rings is 1. The maximum Gasteiger partial charge on any atom is 0.0311 e. The van der Waals surface area contributed by atoms with Gasteiger partial charge in [-0.25, -0.2) is 0 Å². The lowest BCUT2D eigenvalue weighted by atomic mass is 9.81.